The number of aromatic nitrogens is 1. The van der Waals surface area contributed by atoms with Gasteiger partial charge in [0.1, 0.15) is 6.67 Å². The van der Waals surface area contributed by atoms with Gasteiger partial charge in [0, 0.05) is 24.3 Å². The molecular weight excluding hydrogens is 350 g/mol. The van der Waals surface area contributed by atoms with Crippen molar-refractivity contribution in [2.75, 3.05) is 24.0 Å². The maximum absolute atomic E-state index is 13.5. The molecule has 1 fully saturated rings. The van der Waals surface area contributed by atoms with Crippen LogP contribution >= 0.6 is 11.8 Å². The molecule has 0 saturated carbocycles. The van der Waals surface area contributed by atoms with Crippen LogP contribution in [0.25, 0.3) is 0 Å². The number of nitrogens with zero attached hydrogens (tertiary/aromatic N) is 1. The second kappa shape index (κ2) is 7.00. The highest BCUT2D eigenvalue weighted by Gasteiger charge is 2.36. The second-order valence-corrected chi connectivity index (χ2v) is 8.82. The fraction of sp³-hybridized carbons (Fsp3) is 0.538. The number of nitrogens with one attached hydrogen (secondary N) is 1. The van der Waals surface area contributed by atoms with Crippen LogP contribution in [0, 0.1) is 5.82 Å². The molecule has 23 heavy (non-hydrogen) atoms. The molecule has 1 aromatic heterocycles. The summed E-state index contributed by atoms with van der Waals surface area (Å²) in [6.07, 6.45) is 2.47. The van der Waals surface area contributed by atoms with Crippen molar-refractivity contribution < 1.29 is 22.0 Å². The molecule has 2 atom stereocenters. The molecule has 1 aliphatic rings. The lowest BCUT2D eigenvalue weighted by atomic mass is 10.2. The van der Waals surface area contributed by atoms with E-state index in [1.165, 1.54) is 11.8 Å². The van der Waals surface area contributed by atoms with Crippen LogP contribution in [0.1, 0.15) is 6.42 Å². The van der Waals surface area contributed by atoms with Gasteiger partial charge in [0.05, 0.1) is 22.7 Å². The Morgan fingerprint density at radius 1 is 1.52 bits per heavy atom. The highest BCUT2D eigenvalue weighted by molar-refractivity contribution is 8.02. The van der Waals surface area contributed by atoms with Crippen molar-refractivity contribution in [1.29, 1.82) is 0 Å². The second-order valence-electron chi connectivity index (χ2n) is 5.26. The number of anilines is 1. The van der Waals surface area contributed by atoms with Gasteiger partial charge in [0.2, 0.25) is 5.91 Å². The van der Waals surface area contributed by atoms with Gasteiger partial charge >= 0.3 is 0 Å². The molecule has 0 radical (unpaired) electrons. The molecule has 0 spiro atoms. The standard InChI is InChI=1S/C13H16F2N2O4S2/c1-23(20,21)9-5-11(22-7-9)12(18)16-8-4-10(15)13(19)17(6-8)3-2-14/h4,6,9,11H,2-3,5,7H2,1H3,(H,16,18). The zero-order valence-corrected chi connectivity index (χ0v) is 13.9. The molecule has 10 heteroatoms. The van der Waals surface area contributed by atoms with E-state index in [4.69, 9.17) is 0 Å². The maximum atomic E-state index is 13.5. The summed E-state index contributed by atoms with van der Waals surface area (Å²) in [5.41, 5.74) is -0.933. The summed E-state index contributed by atoms with van der Waals surface area (Å²) in [6.45, 7) is -1.15. The average Bonchev–Trinajstić information content (AvgIpc) is 2.94. The minimum absolute atomic E-state index is 0.0314. The third-order valence-electron chi connectivity index (χ3n) is 3.49. The molecule has 0 aromatic carbocycles. The summed E-state index contributed by atoms with van der Waals surface area (Å²) in [7, 11) is -3.22. The van der Waals surface area contributed by atoms with Crippen molar-refractivity contribution in [3.05, 3.63) is 28.4 Å². The van der Waals surface area contributed by atoms with E-state index in [0.717, 1.165) is 23.1 Å². The lowest BCUT2D eigenvalue weighted by Crippen LogP contribution is -2.28. The van der Waals surface area contributed by atoms with E-state index < -0.39 is 44.3 Å². The predicted octanol–water partition coefficient (Wildman–Crippen LogP) is 0.814. The fourth-order valence-corrected chi connectivity index (χ4v) is 5.28. The predicted molar refractivity (Wildman–Crippen MR) is 84.8 cm³/mol. The number of alkyl halides is 1. The third-order valence-corrected chi connectivity index (χ3v) is 6.68. The number of pyridine rings is 1. The van der Waals surface area contributed by atoms with Gasteiger partial charge in [-0.1, -0.05) is 0 Å². The summed E-state index contributed by atoms with van der Waals surface area (Å²) in [6, 6.07) is 0.864. The van der Waals surface area contributed by atoms with Crippen LogP contribution in [-0.2, 0) is 21.2 Å². The minimum atomic E-state index is -3.22. The van der Waals surface area contributed by atoms with Crippen molar-refractivity contribution in [2.24, 2.45) is 0 Å². The number of carbonyl (C=O) groups excluding carboxylic acids is 1. The van der Waals surface area contributed by atoms with E-state index in [0.29, 0.717) is 5.75 Å². The van der Waals surface area contributed by atoms with Crippen LogP contribution in [0.15, 0.2) is 17.1 Å². The van der Waals surface area contributed by atoms with E-state index in [2.05, 4.69) is 5.32 Å². The number of hydrogen-bond acceptors (Lipinski definition) is 5. The molecule has 0 bridgehead atoms. The van der Waals surface area contributed by atoms with Gasteiger partial charge in [0.15, 0.2) is 15.7 Å². The van der Waals surface area contributed by atoms with Gasteiger partial charge in [-0.3, -0.25) is 9.59 Å². The number of hydrogen-bond donors (Lipinski definition) is 1. The summed E-state index contributed by atoms with van der Waals surface area (Å²) in [4.78, 5) is 23.6. The fourth-order valence-electron chi connectivity index (χ4n) is 2.23. The van der Waals surface area contributed by atoms with Crippen LogP contribution < -0.4 is 10.9 Å². The first-order valence-corrected chi connectivity index (χ1v) is 9.80. The van der Waals surface area contributed by atoms with Crippen molar-refractivity contribution in [3.63, 3.8) is 0 Å². The summed E-state index contributed by atoms with van der Waals surface area (Å²) >= 11 is 1.21. The Balaban J connectivity index is 2.11. The zero-order valence-electron chi connectivity index (χ0n) is 12.3. The molecule has 2 rings (SSSR count). The monoisotopic (exact) mass is 366 g/mol. The van der Waals surface area contributed by atoms with E-state index >= 15 is 0 Å². The molecule has 0 aliphatic carbocycles. The Bertz CT molecular complexity index is 764. The number of amides is 1. The Hall–Kier alpha value is -1.42. The van der Waals surface area contributed by atoms with Gasteiger partial charge < -0.3 is 9.88 Å². The van der Waals surface area contributed by atoms with Crippen LogP contribution in [0.5, 0.6) is 0 Å². The number of halogens is 2. The first-order chi connectivity index (χ1) is 10.7. The largest absolute Gasteiger partial charge is 0.324 e. The topological polar surface area (TPSA) is 85.2 Å². The van der Waals surface area contributed by atoms with Crippen LogP contribution in [0.2, 0.25) is 0 Å². The molecule has 1 aromatic rings. The normalized spacial score (nSPS) is 21.3. The SMILES string of the molecule is CS(=O)(=O)C1CSC(C(=O)Nc2cc(F)c(=O)n(CCF)c2)C1. The summed E-state index contributed by atoms with van der Waals surface area (Å²) < 4.78 is 49.7. The molecule has 1 saturated heterocycles. The number of rotatable bonds is 5. The molecule has 128 valence electrons. The highest BCUT2D eigenvalue weighted by atomic mass is 32.2. The van der Waals surface area contributed by atoms with Gasteiger partial charge in [-0.05, 0) is 6.42 Å². The number of aryl methyl sites for hydroxylation is 1. The Labute approximate surface area is 136 Å². The van der Waals surface area contributed by atoms with Crippen LogP contribution in [0.3, 0.4) is 0 Å². The Morgan fingerprint density at radius 2 is 2.22 bits per heavy atom. The molecule has 6 nitrogen and oxygen atoms in total. The van der Waals surface area contributed by atoms with E-state index in [1.54, 1.807) is 0 Å². The number of thioether (sulfide) groups is 1. The average molecular weight is 366 g/mol. The van der Waals surface area contributed by atoms with Crippen LogP contribution in [-0.4, -0.2) is 48.1 Å². The van der Waals surface area contributed by atoms with Gasteiger partial charge in [0.25, 0.3) is 5.56 Å². The molecule has 2 unspecified atom stereocenters. The van der Waals surface area contributed by atoms with Crippen molar-refractivity contribution in [2.45, 2.75) is 23.5 Å². The number of carbonyl (C=O) groups is 1. The first-order valence-electron chi connectivity index (χ1n) is 6.79. The lowest BCUT2D eigenvalue weighted by Gasteiger charge is -2.12. The summed E-state index contributed by atoms with van der Waals surface area (Å²) in [5.74, 6) is -1.23. The smallest absolute Gasteiger partial charge is 0.286 e. The van der Waals surface area contributed by atoms with Gasteiger partial charge in [-0.15, -0.1) is 11.8 Å². The molecule has 1 amide bonds. The molecule has 2 heterocycles. The van der Waals surface area contributed by atoms with E-state index in [-0.39, 0.29) is 18.7 Å². The minimum Gasteiger partial charge on any atom is -0.324 e. The summed E-state index contributed by atoms with van der Waals surface area (Å²) in [5, 5.41) is 1.29. The van der Waals surface area contributed by atoms with E-state index in [1.807, 2.05) is 0 Å². The Morgan fingerprint density at radius 3 is 2.78 bits per heavy atom. The van der Waals surface area contributed by atoms with Crippen molar-refractivity contribution in [1.82, 2.24) is 4.57 Å². The zero-order chi connectivity index (χ0) is 17.2. The van der Waals surface area contributed by atoms with Crippen LogP contribution in [0.4, 0.5) is 14.5 Å². The third kappa shape index (κ3) is 4.31. The van der Waals surface area contributed by atoms with E-state index in [9.17, 15) is 26.8 Å². The lowest BCUT2D eigenvalue weighted by molar-refractivity contribution is -0.115. The highest BCUT2D eigenvalue weighted by Crippen LogP contribution is 2.31. The Kier molecular flexibility index (Phi) is 5.45. The first kappa shape index (κ1) is 17.9. The van der Waals surface area contributed by atoms with Crippen molar-refractivity contribution >= 4 is 33.2 Å². The van der Waals surface area contributed by atoms with Crippen molar-refractivity contribution in [3.8, 4) is 0 Å². The number of sulfone groups is 1. The van der Waals surface area contributed by atoms with Gasteiger partial charge in [-0.2, -0.15) is 0 Å². The quantitative estimate of drug-likeness (QED) is 0.834. The molecule has 1 aliphatic heterocycles. The van der Waals surface area contributed by atoms with Gasteiger partial charge in [-0.25, -0.2) is 17.2 Å². The maximum Gasteiger partial charge on any atom is 0.286 e. The molecule has 1 N–H and O–H groups in total. The molecular formula is C13H16F2N2O4S2.